The Kier molecular flexibility index (Phi) is 5.95. The predicted molar refractivity (Wildman–Crippen MR) is 103 cm³/mol. The molecule has 1 aromatic carbocycles. The van der Waals surface area contributed by atoms with Crippen LogP contribution in [-0.4, -0.2) is 67.5 Å². The van der Waals surface area contributed by atoms with Crippen molar-refractivity contribution in [1.82, 2.24) is 24.7 Å². The monoisotopic (exact) mass is 393 g/mol. The van der Waals surface area contributed by atoms with Gasteiger partial charge in [-0.15, -0.1) is 0 Å². The third-order valence-electron chi connectivity index (χ3n) is 5.03. The van der Waals surface area contributed by atoms with Crippen LogP contribution in [0.5, 0.6) is 0 Å². The molecule has 1 fully saturated rings. The van der Waals surface area contributed by atoms with E-state index in [9.17, 15) is 8.42 Å². The summed E-state index contributed by atoms with van der Waals surface area (Å²) in [7, 11) is -1.51. The Hall–Kier alpha value is -1.81. The second-order valence-corrected chi connectivity index (χ2v) is 8.66. The first-order valence-corrected chi connectivity index (χ1v) is 10.7. The van der Waals surface area contributed by atoms with Crippen LogP contribution in [0.4, 0.5) is 0 Å². The van der Waals surface area contributed by atoms with Crippen molar-refractivity contribution in [2.75, 3.05) is 39.8 Å². The highest BCUT2D eigenvalue weighted by atomic mass is 32.2. The summed E-state index contributed by atoms with van der Waals surface area (Å²) < 4.78 is 32.6. The molecule has 1 N–H and O–H groups in total. The number of hydrogen-bond donors (Lipinski definition) is 1. The smallest absolute Gasteiger partial charge is 0.258 e. The van der Waals surface area contributed by atoms with Gasteiger partial charge < -0.3 is 9.84 Å². The lowest BCUT2D eigenvalue weighted by molar-refractivity contribution is 0.190. The molecule has 27 heavy (non-hydrogen) atoms. The van der Waals surface area contributed by atoms with Gasteiger partial charge in [-0.25, -0.2) is 8.42 Å². The van der Waals surface area contributed by atoms with Crippen LogP contribution in [-0.2, 0) is 10.0 Å². The minimum atomic E-state index is -3.55. The van der Waals surface area contributed by atoms with Crippen LogP contribution in [0.1, 0.15) is 31.3 Å². The molecule has 3 rings (SSSR count). The van der Waals surface area contributed by atoms with E-state index in [2.05, 4.69) is 20.4 Å². The number of aryl methyl sites for hydroxylation is 1. The van der Waals surface area contributed by atoms with E-state index in [1.54, 1.807) is 18.2 Å². The zero-order chi connectivity index (χ0) is 19.6. The van der Waals surface area contributed by atoms with E-state index < -0.39 is 10.0 Å². The zero-order valence-corrected chi connectivity index (χ0v) is 17.1. The summed E-state index contributed by atoms with van der Waals surface area (Å²) >= 11 is 0. The number of hydrogen-bond acceptors (Lipinski definition) is 7. The standard InChI is InChI=1S/C18H27N5O3S/c1-5-23(6-2)27(24,25)14-8-7-13(3)15(11-14)18-20-17(21-26-18)16-12-19-9-10-22(16)4/h7-8,11,16,19H,5-6,9-10,12H2,1-4H3. The zero-order valence-electron chi connectivity index (χ0n) is 16.3. The Bertz CT molecular complexity index is 892. The molecule has 1 aromatic heterocycles. The maximum atomic E-state index is 12.8. The highest BCUT2D eigenvalue weighted by Crippen LogP contribution is 2.28. The highest BCUT2D eigenvalue weighted by molar-refractivity contribution is 7.89. The quantitative estimate of drug-likeness (QED) is 0.798. The van der Waals surface area contributed by atoms with Crippen molar-refractivity contribution < 1.29 is 12.9 Å². The fraction of sp³-hybridized carbons (Fsp3) is 0.556. The van der Waals surface area contributed by atoms with Gasteiger partial charge in [0.2, 0.25) is 10.0 Å². The average molecular weight is 394 g/mol. The molecule has 1 atom stereocenters. The molecule has 8 nitrogen and oxygen atoms in total. The van der Waals surface area contributed by atoms with Crippen LogP contribution in [0.2, 0.25) is 0 Å². The van der Waals surface area contributed by atoms with E-state index in [1.165, 1.54) is 4.31 Å². The second-order valence-electron chi connectivity index (χ2n) is 6.72. The summed E-state index contributed by atoms with van der Waals surface area (Å²) in [5, 5.41) is 7.47. The Labute approximate surface area is 160 Å². The van der Waals surface area contributed by atoms with E-state index in [1.807, 2.05) is 27.8 Å². The van der Waals surface area contributed by atoms with Gasteiger partial charge in [-0.2, -0.15) is 9.29 Å². The van der Waals surface area contributed by atoms with Crippen LogP contribution in [0.25, 0.3) is 11.5 Å². The highest BCUT2D eigenvalue weighted by Gasteiger charge is 2.27. The normalized spacial score (nSPS) is 18.9. The lowest BCUT2D eigenvalue weighted by Gasteiger charge is -2.30. The minimum absolute atomic E-state index is 0.0409. The Morgan fingerprint density at radius 1 is 1.33 bits per heavy atom. The predicted octanol–water partition coefficient (Wildman–Crippen LogP) is 1.65. The largest absolute Gasteiger partial charge is 0.334 e. The fourth-order valence-electron chi connectivity index (χ4n) is 3.28. The first kappa shape index (κ1) is 19.9. The maximum Gasteiger partial charge on any atom is 0.258 e. The first-order chi connectivity index (χ1) is 12.9. The lowest BCUT2D eigenvalue weighted by atomic mass is 10.1. The molecule has 1 aliphatic rings. The van der Waals surface area contributed by atoms with E-state index in [4.69, 9.17) is 4.52 Å². The van der Waals surface area contributed by atoms with Gasteiger partial charge in [0, 0.05) is 38.3 Å². The Morgan fingerprint density at radius 3 is 2.74 bits per heavy atom. The molecule has 0 spiro atoms. The molecule has 0 saturated carbocycles. The van der Waals surface area contributed by atoms with Gasteiger partial charge in [0.05, 0.1) is 10.9 Å². The van der Waals surface area contributed by atoms with Crippen molar-refractivity contribution in [2.45, 2.75) is 31.7 Å². The molecule has 0 bridgehead atoms. The van der Waals surface area contributed by atoms with Gasteiger partial charge in [0.1, 0.15) is 0 Å². The van der Waals surface area contributed by atoms with E-state index in [0.717, 1.165) is 25.2 Å². The third-order valence-corrected chi connectivity index (χ3v) is 7.08. The number of aromatic nitrogens is 2. The molecule has 9 heteroatoms. The van der Waals surface area contributed by atoms with Crippen molar-refractivity contribution in [3.05, 3.63) is 29.6 Å². The van der Waals surface area contributed by atoms with E-state index >= 15 is 0 Å². The van der Waals surface area contributed by atoms with Crippen LogP contribution >= 0.6 is 0 Å². The number of likely N-dealkylation sites (N-methyl/N-ethyl adjacent to an activating group) is 1. The van der Waals surface area contributed by atoms with Crippen LogP contribution in [0.15, 0.2) is 27.6 Å². The second kappa shape index (κ2) is 8.05. The van der Waals surface area contributed by atoms with Crippen LogP contribution in [0.3, 0.4) is 0 Å². The molecule has 0 radical (unpaired) electrons. The summed E-state index contributed by atoms with van der Waals surface area (Å²) in [5.74, 6) is 0.953. The summed E-state index contributed by atoms with van der Waals surface area (Å²) in [6, 6.07) is 5.08. The van der Waals surface area contributed by atoms with Crippen LogP contribution in [0, 0.1) is 6.92 Å². The number of benzene rings is 1. The van der Waals surface area contributed by atoms with Crippen molar-refractivity contribution in [3.63, 3.8) is 0 Å². The SMILES string of the molecule is CCN(CC)S(=O)(=O)c1ccc(C)c(-c2nc(C3CNCCN3C)no2)c1. The molecule has 1 saturated heterocycles. The Morgan fingerprint density at radius 2 is 2.07 bits per heavy atom. The molecule has 2 aromatic rings. The molecular formula is C18H27N5O3S. The van der Waals surface area contributed by atoms with Crippen molar-refractivity contribution >= 4 is 10.0 Å². The number of piperazine rings is 1. The fourth-order valence-corrected chi connectivity index (χ4v) is 4.76. The lowest BCUT2D eigenvalue weighted by Crippen LogP contribution is -2.44. The molecule has 0 aliphatic carbocycles. The average Bonchev–Trinajstić information content (AvgIpc) is 3.12. The molecule has 1 unspecified atom stereocenters. The van der Waals surface area contributed by atoms with Gasteiger partial charge >= 0.3 is 0 Å². The molecule has 2 heterocycles. The topological polar surface area (TPSA) is 91.6 Å². The summed E-state index contributed by atoms with van der Waals surface area (Å²) in [5.41, 5.74) is 1.53. The number of nitrogens with zero attached hydrogens (tertiary/aromatic N) is 4. The maximum absolute atomic E-state index is 12.8. The van der Waals surface area contributed by atoms with E-state index in [0.29, 0.717) is 30.4 Å². The van der Waals surface area contributed by atoms with Gasteiger partial charge in [0.15, 0.2) is 5.82 Å². The number of rotatable bonds is 6. The molecular weight excluding hydrogens is 366 g/mol. The summed E-state index contributed by atoms with van der Waals surface area (Å²) in [6.45, 7) is 9.01. The van der Waals surface area contributed by atoms with Gasteiger partial charge in [-0.1, -0.05) is 25.1 Å². The Balaban J connectivity index is 1.96. The number of sulfonamides is 1. The first-order valence-electron chi connectivity index (χ1n) is 9.24. The van der Waals surface area contributed by atoms with Crippen LogP contribution < -0.4 is 5.32 Å². The third kappa shape index (κ3) is 3.91. The van der Waals surface area contributed by atoms with Gasteiger partial charge in [-0.05, 0) is 31.7 Å². The molecule has 1 aliphatic heterocycles. The van der Waals surface area contributed by atoms with Gasteiger partial charge in [-0.3, -0.25) is 4.90 Å². The van der Waals surface area contributed by atoms with E-state index in [-0.39, 0.29) is 10.9 Å². The van der Waals surface area contributed by atoms with Crippen molar-refractivity contribution in [2.24, 2.45) is 0 Å². The van der Waals surface area contributed by atoms with Crippen molar-refractivity contribution in [1.29, 1.82) is 0 Å². The summed E-state index contributed by atoms with van der Waals surface area (Å²) in [6.07, 6.45) is 0. The van der Waals surface area contributed by atoms with Gasteiger partial charge in [0.25, 0.3) is 5.89 Å². The minimum Gasteiger partial charge on any atom is -0.334 e. The molecule has 0 amide bonds. The summed E-state index contributed by atoms with van der Waals surface area (Å²) in [4.78, 5) is 6.97. The molecule has 148 valence electrons. The number of nitrogens with one attached hydrogen (secondary N) is 1. The van der Waals surface area contributed by atoms with Crippen molar-refractivity contribution in [3.8, 4) is 11.5 Å².